The van der Waals surface area contributed by atoms with Crippen molar-refractivity contribution in [3.63, 3.8) is 0 Å². The molecule has 23 heavy (non-hydrogen) atoms. The lowest BCUT2D eigenvalue weighted by molar-refractivity contribution is -0.116. The van der Waals surface area contributed by atoms with E-state index in [4.69, 9.17) is 4.42 Å². The molecule has 0 spiro atoms. The summed E-state index contributed by atoms with van der Waals surface area (Å²) in [6.45, 7) is 1.11. The van der Waals surface area contributed by atoms with Crippen LogP contribution in [0.25, 0.3) is 17.4 Å². The molecule has 116 valence electrons. The van der Waals surface area contributed by atoms with Crippen LogP contribution in [-0.2, 0) is 11.3 Å². The van der Waals surface area contributed by atoms with Crippen molar-refractivity contribution in [3.8, 4) is 11.3 Å². The Morgan fingerprint density at radius 3 is 2.87 bits per heavy atom. The van der Waals surface area contributed by atoms with Crippen molar-refractivity contribution in [1.29, 1.82) is 0 Å². The second-order valence-corrected chi connectivity index (χ2v) is 5.00. The minimum atomic E-state index is -0.118. The number of rotatable bonds is 6. The number of hydrogen-bond acceptors (Lipinski definition) is 3. The fraction of sp³-hybridized carbons (Fsp3) is 0.111. The van der Waals surface area contributed by atoms with Crippen molar-refractivity contribution in [3.05, 3.63) is 72.8 Å². The van der Waals surface area contributed by atoms with E-state index < -0.39 is 0 Å². The van der Waals surface area contributed by atoms with Crippen LogP contribution in [0.3, 0.4) is 0 Å². The third-order valence-electron chi connectivity index (χ3n) is 3.31. The van der Waals surface area contributed by atoms with Crippen LogP contribution in [0.15, 0.2) is 71.6 Å². The Morgan fingerprint density at radius 2 is 2.09 bits per heavy atom. The van der Waals surface area contributed by atoms with E-state index in [-0.39, 0.29) is 5.91 Å². The molecule has 0 aliphatic carbocycles. The second-order valence-electron chi connectivity index (χ2n) is 5.00. The maximum absolute atomic E-state index is 11.8. The lowest BCUT2D eigenvalue weighted by Crippen LogP contribution is -2.25. The molecule has 0 aliphatic heterocycles. The first-order valence-electron chi connectivity index (χ1n) is 7.38. The van der Waals surface area contributed by atoms with E-state index in [0.29, 0.717) is 13.1 Å². The number of carbonyl (C=O) groups is 1. The molecule has 3 rings (SSSR count). The number of hydrogen-bond donors (Lipinski definition) is 1. The number of benzene rings is 1. The average Bonchev–Trinajstić information content (AvgIpc) is 3.25. The number of carbonyl (C=O) groups excluding carboxylic acids is 1. The normalized spacial score (nSPS) is 11.0. The van der Waals surface area contributed by atoms with Gasteiger partial charge in [-0.1, -0.05) is 30.3 Å². The van der Waals surface area contributed by atoms with Gasteiger partial charge in [0.2, 0.25) is 5.91 Å². The highest BCUT2D eigenvalue weighted by Crippen LogP contribution is 2.18. The van der Waals surface area contributed by atoms with Gasteiger partial charge in [0.1, 0.15) is 5.76 Å². The Hall–Kier alpha value is -3.08. The summed E-state index contributed by atoms with van der Waals surface area (Å²) < 4.78 is 7.09. The highest BCUT2D eigenvalue weighted by atomic mass is 16.3. The minimum absolute atomic E-state index is 0.118. The first kappa shape index (κ1) is 14.8. The molecule has 1 N–H and O–H groups in total. The summed E-state index contributed by atoms with van der Waals surface area (Å²) in [7, 11) is 0. The predicted octanol–water partition coefficient (Wildman–Crippen LogP) is 2.97. The number of nitrogens with zero attached hydrogens (tertiary/aromatic N) is 2. The van der Waals surface area contributed by atoms with E-state index in [9.17, 15) is 4.79 Å². The zero-order chi connectivity index (χ0) is 15.9. The lowest BCUT2D eigenvalue weighted by Gasteiger charge is -2.02. The first-order valence-corrected chi connectivity index (χ1v) is 7.38. The maximum Gasteiger partial charge on any atom is 0.244 e. The largest absolute Gasteiger partial charge is 0.464 e. The summed E-state index contributed by atoms with van der Waals surface area (Å²) in [6, 6.07) is 13.4. The second kappa shape index (κ2) is 7.26. The van der Waals surface area contributed by atoms with Gasteiger partial charge in [-0.15, -0.1) is 0 Å². The smallest absolute Gasteiger partial charge is 0.244 e. The number of aromatic nitrogens is 2. The van der Waals surface area contributed by atoms with Gasteiger partial charge >= 0.3 is 0 Å². The van der Waals surface area contributed by atoms with E-state index in [1.165, 1.54) is 6.08 Å². The summed E-state index contributed by atoms with van der Waals surface area (Å²) >= 11 is 0. The van der Waals surface area contributed by atoms with Gasteiger partial charge in [0.25, 0.3) is 0 Å². The standard InChI is InChI=1S/C18H17N3O2/c22-18(9-8-15-5-2-1-3-6-15)19-10-11-21-14-16(13-20-21)17-7-4-12-23-17/h1-9,12-14H,10-11H2,(H,19,22). The fourth-order valence-corrected chi connectivity index (χ4v) is 2.14. The third-order valence-corrected chi connectivity index (χ3v) is 3.31. The molecular weight excluding hydrogens is 290 g/mol. The molecule has 0 saturated heterocycles. The SMILES string of the molecule is O=C(C=Cc1ccccc1)NCCn1cc(-c2ccco2)cn1. The molecule has 0 aliphatic rings. The number of nitrogens with one attached hydrogen (secondary N) is 1. The highest BCUT2D eigenvalue weighted by Gasteiger charge is 2.04. The van der Waals surface area contributed by atoms with Gasteiger partial charge in [-0.3, -0.25) is 9.48 Å². The van der Waals surface area contributed by atoms with E-state index in [2.05, 4.69) is 10.4 Å². The molecular formula is C18H17N3O2. The van der Waals surface area contributed by atoms with Gasteiger partial charge in [0.05, 0.1) is 24.6 Å². The van der Waals surface area contributed by atoms with Crippen molar-refractivity contribution in [2.45, 2.75) is 6.54 Å². The Kier molecular flexibility index (Phi) is 4.69. The van der Waals surface area contributed by atoms with E-state index >= 15 is 0 Å². The molecule has 0 radical (unpaired) electrons. The van der Waals surface area contributed by atoms with Gasteiger partial charge in [0.15, 0.2) is 0 Å². The summed E-state index contributed by atoms with van der Waals surface area (Å²) in [4.78, 5) is 11.8. The third kappa shape index (κ3) is 4.20. The average molecular weight is 307 g/mol. The van der Waals surface area contributed by atoms with Crippen molar-refractivity contribution >= 4 is 12.0 Å². The topological polar surface area (TPSA) is 60.1 Å². The first-order chi connectivity index (χ1) is 11.3. The van der Waals surface area contributed by atoms with E-state index in [1.807, 2.05) is 48.7 Å². The molecule has 0 saturated carbocycles. The quantitative estimate of drug-likeness (QED) is 0.712. The Balaban J connectivity index is 1.46. The zero-order valence-corrected chi connectivity index (χ0v) is 12.6. The van der Waals surface area contributed by atoms with Crippen molar-refractivity contribution < 1.29 is 9.21 Å². The molecule has 1 amide bonds. The summed E-state index contributed by atoms with van der Waals surface area (Å²) in [5.74, 6) is 0.665. The van der Waals surface area contributed by atoms with Crippen LogP contribution in [0.1, 0.15) is 5.56 Å². The molecule has 0 atom stereocenters. The zero-order valence-electron chi connectivity index (χ0n) is 12.6. The van der Waals surface area contributed by atoms with Crippen LogP contribution in [-0.4, -0.2) is 22.2 Å². The molecule has 1 aromatic carbocycles. The van der Waals surface area contributed by atoms with Crippen LogP contribution >= 0.6 is 0 Å². The van der Waals surface area contributed by atoms with Crippen LogP contribution in [0.5, 0.6) is 0 Å². The van der Waals surface area contributed by atoms with Crippen LogP contribution in [0, 0.1) is 0 Å². The summed E-state index contributed by atoms with van der Waals surface area (Å²) in [5.41, 5.74) is 1.92. The predicted molar refractivity (Wildman–Crippen MR) is 88.4 cm³/mol. The van der Waals surface area contributed by atoms with E-state index in [1.54, 1.807) is 23.2 Å². The number of furan rings is 1. The molecule has 5 nitrogen and oxygen atoms in total. The summed E-state index contributed by atoms with van der Waals surface area (Å²) in [6.07, 6.45) is 8.59. The van der Waals surface area contributed by atoms with Crippen molar-refractivity contribution in [2.24, 2.45) is 0 Å². The fourth-order valence-electron chi connectivity index (χ4n) is 2.14. The molecule has 5 heteroatoms. The van der Waals surface area contributed by atoms with E-state index in [0.717, 1.165) is 16.9 Å². The monoisotopic (exact) mass is 307 g/mol. The molecule has 0 fully saturated rings. The van der Waals surface area contributed by atoms with Crippen LogP contribution < -0.4 is 5.32 Å². The van der Waals surface area contributed by atoms with Crippen molar-refractivity contribution in [2.75, 3.05) is 6.54 Å². The lowest BCUT2D eigenvalue weighted by atomic mass is 10.2. The molecule has 0 unspecified atom stereocenters. The van der Waals surface area contributed by atoms with Crippen LogP contribution in [0.4, 0.5) is 0 Å². The van der Waals surface area contributed by atoms with Gasteiger partial charge in [-0.25, -0.2) is 0 Å². The van der Waals surface area contributed by atoms with Gasteiger partial charge < -0.3 is 9.73 Å². The highest BCUT2D eigenvalue weighted by molar-refractivity contribution is 5.91. The summed E-state index contributed by atoms with van der Waals surface area (Å²) in [5, 5.41) is 7.09. The molecule has 2 aromatic heterocycles. The Morgan fingerprint density at radius 1 is 1.22 bits per heavy atom. The maximum atomic E-state index is 11.8. The number of amides is 1. The van der Waals surface area contributed by atoms with Crippen molar-refractivity contribution in [1.82, 2.24) is 15.1 Å². The van der Waals surface area contributed by atoms with Gasteiger partial charge in [-0.05, 0) is 23.8 Å². The minimum Gasteiger partial charge on any atom is -0.464 e. The molecule has 3 aromatic rings. The Labute approximate surface area is 134 Å². The van der Waals surface area contributed by atoms with Gasteiger partial charge in [-0.2, -0.15) is 5.10 Å². The van der Waals surface area contributed by atoms with Crippen LogP contribution in [0.2, 0.25) is 0 Å². The van der Waals surface area contributed by atoms with Gasteiger partial charge in [0, 0.05) is 18.8 Å². The molecule has 0 bridgehead atoms. The Bertz CT molecular complexity index is 774. The molecule has 2 heterocycles.